The summed E-state index contributed by atoms with van der Waals surface area (Å²) in [5, 5.41) is 12.2. The zero-order valence-electron chi connectivity index (χ0n) is 18.5. The minimum atomic E-state index is -4.77. The van der Waals surface area contributed by atoms with Gasteiger partial charge in [0.15, 0.2) is 0 Å². The number of hydrogen-bond acceptors (Lipinski definition) is 4. The highest BCUT2D eigenvalue weighted by molar-refractivity contribution is 5.44. The first-order valence-corrected chi connectivity index (χ1v) is 10.7. The third kappa shape index (κ3) is 4.84. The molecule has 0 amide bonds. The molecule has 0 saturated carbocycles. The number of ether oxygens (including phenoxy) is 2. The molecule has 3 aromatic carbocycles. The molecular weight excluding hydrogens is 431 g/mol. The Bertz CT molecular complexity index is 1070. The summed E-state index contributed by atoms with van der Waals surface area (Å²) in [6.45, 7) is 3.45. The van der Waals surface area contributed by atoms with Crippen LogP contribution >= 0.6 is 0 Å². The van der Waals surface area contributed by atoms with Gasteiger partial charge < -0.3 is 19.5 Å². The SMILES string of the molecule is CN1CCC(C)([C@@](O)(c2ccc(Oc3ccccc3)cc2)c2ccc(OC(F)(F)F)cc2)C1. The fraction of sp³-hybridized carbons (Fsp3) is 0.308. The smallest absolute Gasteiger partial charge is 0.457 e. The summed E-state index contributed by atoms with van der Waals surface area (Å²) in [7, 11) is 1.99. The summed E-state index contributed by atoms with van der Waals surface area (Å²) >= 11 is 0. The molecular formula is C26H26F3NO3. The molecule has 1 fully saturated rings. The molecule has 3 aromatic rings. The molecule has 1 N–H and O–H groups in total. The number of rotatable bonds is 6. The molecule has 0 bridgehead atoms. The van der Waals surface area contributed by atoms with Gasteiger partial charge in [-0.15, -0.1) is 13.2 Å². The maximum atomic E-state index is 12.6. The van der Waals surface area contributed by atoms with Crippen molar-refractivity contribution < 1.29 is 27.8 Å². The lowest BCUT2D eigenvalue weighted by atomic mass is 9.65. The average Bonchev–Trinajstić information content (AvgIpc) is 3.14. The molecule has 0 spiro atoms. The molecule has 0 aromatic heterocycles. The van der Waals surface area contributed by atoms with E-state index in [1.54, 1.807) is 12.1 Å². The molecule has 0 aliphatic carbocycles. The van der Waals surface area contributed by atoms with Crippen LogP contribution in [0, 0.1) is 5.41 Å². The molecule has 1 unspecified atom stereocenters. The molecule has 0 radical (unpaired) electrons. The maximum Gasteiger partial charge on any atom is 0.573 e. The number of likely N-dealkylation sites (tertiary alicyclic amines) is 1. The highest BCUT2D eigenvalue weighted by Crippen LogP contribution is 2.50. The number of halogens is 3. The maximum absolute atomic E-state index is 12.6. The van der Waals surface area contributed by atoms with Gasteiger partial charge in [-0.1, -0.05) is 49.4 Å². The predicted molar refractivity (Wildman–Crippen MR) is 119 cm³/mol. The predicted octanol–water partition coefficient (Wildman–Crippen LogP) is 5.96. The van der Waals surface area contributed by atoms with E-state index in [-0.39, 0.29) is 5.75 Å². The lowest BCUT2D eigenvalue weighted by Gasteiger charge is -2.43. The van der Waals surface area contributed by atoms with E-state index in [9.17, 15) is 18.3 Å². The monoisotopic (exact) mass is 457 g/mol. The summed E-state index contributed by atoms with van der Waals surface area (Å²) in [6, 6.07) is 22.0. The average molecular weight is 457 g/mol. The van der Waals surface area contributed by atoms with Gasteiger partial charge in [0.2, 0.25) is 0 Å². The minimum absolute atomic E-state index is 0.325. The van der Waals surface area contributed by atoms with Gasteiger partial charge >= 0.3 is 6.36 Å². The fourth-order valence-corrected chi connectivity index (χ4v) is 4.64. The van der Waals surface area contributed by atoms with E-state index in [0.717, 1.165) is 13.0 Å². The van der Waals surface area contributed by atoms with Crippen LogP contribution in [0.1, 0.15) is 24.5 Å². The van der Waals surface area contributed by atoms with Crippen LogP contribution in [-0.2, 0) is 5.60 Å². The van der Waals surface area contributed by atoms with Gasteiger partial charge in [0.25, 0.3) is 0 Å². The zero-order chi connectivity index (χ0) is 23.7. The minimum Gasteiger partial charge on any atom is -0.457 e. The van der Waals surface area contributed by atoms with E-state index in [1.165, 1.54) is 24.3 Å². The molecule has 4 rings (SSSR count). The number of benzene rings is 3. The van der Waals surface area contributed by atoms with Crippen molar-refractivity contribution in [2.24, 2.45) is 5.41 Å². The molecule has 7 heteroatoms. The van der Waals surface area contributed by atoms with Crippen LogP contribution < -0.4 is 9.47 Å². The summed E-state index contributed by atoms with van der Waals surface area (Å²) < 4.78 is 47.7. The van der Waals surface area contributed by atoms with Crippen LogP contribution in [-0.4, -0.2) is 36.5 Å². The van der Waals surface area contributed by atoms with E-state index >= 15 is 0 Å². The Morgan fingerprint density at radius 1 is 0.818 bits per heavy atom. The molecule has 33 heavy (non-hydrogen) atoms. The second kappa shape index (κ2) is 8.72. The molecule has 1 aliphatic heterocycles. The third-order valence-electron chi connectivity index (χ3n) is 6.29. The first-order valence-electron chi connectivity index (χ1n) is 10.7. The molecule has 174 valence electrons. The topological polar surface area (TPSA) is 41.9 Å². The van der Waals surface area contributed by atoms with Gasteiger partial charge in [-0.2, -0.15) is 0 Å². The van der Waals surface area contributed by atoms with Crippen molar-refractivity contribution in [3.8, 4) is 17.2 Å². The lowest BCUT2D eigenvalue weighted by molar-refractivity contribution is -0.274. The Morgan fingerprint density at radius 2 is 1.33 bits per heavy atom. The van der Waals surface area contributed by atoms with Crippen LogP contribution in [0.2, 0.25) is 0 Å². The Hall–Kier alpha value is -3.03. The van der Waals surface area contributed by atoms with Crippen LogP contribution in [0.5, 0.6) is 17.2 Å². The molecule has 4 nitrogen and oxygen atoms in total. The highest BCUT2D eigenvalue weighted by Gasteiger charge is 2.52. The van der Waals surface area contributed by atoms with Crippen molar-refractivity contribution in [1.82, 2.24) is 4.90 Å². The molecule has 1 heterocycles. The van der Waals surface area contributed by atoms with Crippen LogP contribution in [0.25, 0.3) is 0 Å². The Morgan fingerprint density at radius 3 is 1.82 bits per heavy atom. The van der Waals surface area contributed by atoms with E-state index in [0.29, 0.717) is 29.2 Å². The molecule has 2 atom stereocenters. The quantitative estimate of drug-likeness (QED) is 0.496. The largest absolute Gasteiger partial charge is 0.573 e. The van der Waals surface area contributed by atoms with Crippen LogP contribution in [0.4, 0.5) is 13.2 Å². The van der Waals surface area contributed by atoms with Crippen molar-refractivity contribution in [1.29, 1.82) is 0 Å². The Labute approximate surface area is 191 Å². The summed E-state index contributed by atoms with van der Waals surface area (Å²) in [6.07, 6.45) is -4.05. The standard InChI is InChI=1S/C26H26F3NO3/c1-24(16-17-30(2)18-24)25(31,20-10-14-23(15-11-20)33-26(27,28)29)19-8-12-22(13-9-19)32-21-6-4-3-5-7-21/h3-15,31H,16-18H2,1-2H3/t24?,25-/m1/s1. The van der Waals surface area contributed by atoms with Gasteiger partial charge in [-0.3, -0.25) is 0 Å². The van der Waals surface area contributed by atoms with Crippen molar-refractivity contribution in [3.63, 3.8) is 0 Å². The van der Waals surface area contributed by atoms with Crippen LogP contribution in [0.3, 0.4) is 0 Å². The highest BCUT2D eigenvalue weighted by atomic mass is 19.4. The van der Waals surface area contributed by atoms with Crippen LogP contribution in [0.15, 0.2) is 78.9 Å². The summed E-state index contributed by atoms with van der Waals surface area (Å²) in [4.78, 5) is 2.14. The van der Waals surface area contributed by atoms with E-state index in [1.807, 2.05) is 56.4 Å². The van der Waals surface area contributed by atoms with Gasteiger partial charge in [0, 0.05) is 12.0 Å². The second-order valence-corrected chi connectivity index (χ2v) is 8.77. The van der Waals surface area contributed by atoms with Gasteiger partial charge in [-0.05, 0) is 67.5 Å². The van der Waals surface area contributed by atoms with E-state index < -0.39 is 17.4 Å². The number of hydrogen-bond donors (Lipinski definition) is 1. The first kappa shape index (κ1) is 23.1. The zero-order valence-corrected chi connectivity index (χ0v) is 18.5. The second-order valence-electron chi connectivity index (χ2n) is 8.77. The third-order valence-corrected chi connectivity index (χ3v) is 6.29. The normalized spacial score (nSPS) is 20.9. The number of nitrogens with zero attached hydrogens (tertiary/aromatic N) is 1. The fourth-order valence-electron chi connectivity index (χ4n) is 4.64. The van der Waals surface area contributed by atoms with E-state index in [2.05, 4.69) is 9.64 Å². The first-order chi connectivity index (χ1) is 15.6. The van der Waals surface area contributed by atoms with Gasteiger partial charge in [-0.25, -0.2) is 0 Å². The molecule has 1 aliphatic rings. The van der Waals surface area contributed by atoms with E-state index in [4.69, 9.17) is 4.74 Å². The number of para-hydroxylation sites is 1. The van der Waals surface area contributed by atoms with Gasteiger partial charge in [0.1, 0.15) is 22.8 Å². The van der Waals surface area contributed by atoms with Crippen molar-refractivity contribution in [2.75, 3.05) is 20.1 Å². The Kier molecular flexibility index (Phi) is 6.12. The van der Waals surface area contributed by atoms with Crippen molar-refractivity contribution in [2.45, 2.75) is 25.3 Å². The number of aliphatic hydroxyl groups is 1. The lowest BCUT2D eigenvalue weighted by Crippen LogP contribution is -2.46. The molecule has 1 saturated heterocycles. The summed E-state index contributed by atoms with van der Waals surface area (Å²) in [5.41, 5.74) is -0.841. The summed E-state index contributed by atoms with van der Waals surface area (Å²) in [5.74, 6) is 0.994. The Balaban J connectivity index is 1.69. The number of alkyl halides is 3. The van der Waals surface area contributed by atoms with Crippen molar-refractivity contribution >= 4 is 0 Å². The van der Waals surface area contributed by atoms with Gasteiger partial charge in [0.05, 0.1) is 0 Å². The van der Waals surface area contributed by atoms with Crippen molar-refractivity contribution in [3.05, 3.63) is 90.0 Å².